The van der Waals surface area contributed by atoms with Gasteiger partial charge in [0.1, 0.15) is 17.7 Å². The Balaban J connectivity index is 1.30. The Labute approximate surface area is 145 Å². The SMILES string of the molecule is CC1Cc2cc(C(=O)N3CC(c4nc5ccccc5[nH]4)C3)ccc2O1. The molecule has 1 aromatic heterocycles. The van der Waals surface area contributed by atoms with Crippen LogP contribution in [0.3, 0.4) is 0 Å². The second-order valence-electron chi connectivity index (χ2n) is 7.00. The smallest absolute Gasteiger partial charge is 0.253 e. The molecule has 1 saturated heterocycles. The molecule has 1 fully saturated rings. The number of para-hydroxylation sites is 2. The van der Waals surface area contributed by atoms with Crippen LogP contribution in [0.25, 0.3) is 11.0 Å². The molecule has 0 bridgehead atoms. The van der Waals surface area contributed by atoms with Crippen LogP contribution in [0.2, 0.25) is 0 Å². The van der Waals surface area contributed by atoms with Gasteiger partial charge in [0.05, 0.1) is 17.0 Å². The average molecular weight is 333 g/mol. The second-order valence-corrected chi connectivity index (χ2v) is 7.00. The molecule has 2 aliphatic heterocycles. The van der Waals surface area contributed by atoms with Gasteiger partial charge in [-0.05, 0) is 42.8 Å². The van der Waals surface area contributed by atoms with Gasteiger partial charge in [-0.2, -0.15) is 0 Å². The van der Waals surface area contributed by atoms with Crippen LogP contribution in [-0.2, 0) is 6.42 Å². The molecule has 0 aliphatic carbocycles. The molecule has 126 valence electrons. The highest BCUT2D eigenvalue weighted by molar-refractivity contribution is 5.95. The molecule has 3 heterocycles. The predicted molar refractivity (Wildman–Crippen MR) is 95.0 cm³/mol. The van der Waals surface area contributed by atoms with E-state index >= 15 is 0 Å². The molecule has 5 rings (SSSR count). The Hall–Kier alpha value is -2.82. The van der Waals surface area contributed by atoms with Gasteiger partial charge in [0.25, 0.3) is 5.91 Å². The molecule has 0 radical (unpaired) electrons. The highest BCUT2D eigenvalue weighted by atomic mass is 16.5. The summed E-state index contributed by atoms with van der Waals surface area (Å²) in [6.45, 7) is 3.47. The first-order valence-electron chi connectivity index (χ1n) is 8.71. The van der Waals surface area contributed by atoms with E-state index in [0.717, 1.165) is 40.2 Å². The topological polar surface area (TPSA) is 58.2 Å². The Morgan fingerprint density at radius 2 is 2.08 bits per heavy atom. The lowest BCUT2D eigenvalue weighted by molar-refractivity contribution is 0.0595. The van der Waals surface area contributed by atoms with Crippen molar-refractivity contribution in [3.8, 4) is 5.75 Å². The summed E-state index contributed by atoms with van der Waals surface area (Å²) < 4.78 is 5.71. The number of hydrogen-bond acceptors (Lipinski definition) is 3. The van der Waals surface area contributed by atoms with Crippen molar-refractivity contribution in [2.45, 2.75) is 25.4 Å². The van der Waals surface area contributed by atoms with Crippen LogP contribution >= 0.6 is 0 Å². The summed E-state index contributed by atoms with van der Waals surface area (Å²) in [6, 6.07) is 13.8. The van der Waals surface area contributed by atoms with Gasteiger partial charge in [-0.3, -0.25) is 4.79 Å². The number of carbonyl (C=O) groups is 1. The van der Waals surface area contributed by atoms with Gasteiger partial charge in [-0.25, -0.2) is 4.98 Å². The third kappa shape index (κ3) is 2.38. The average Bonchev–Trinajstić information content (AvgIpc) is 3.14. The number of ether oxygens (including phenoxy) is 1. The van der Waals surface area contributed by atoms with Crippen LogP contribution in [0.1, 0.15) is 34.6 Å². The molecule has 5 nitrogen and oxygen atoms in total. The van der Waals surface area contributed by atoms with Crippen molar-refractivity contribution >= 4 is 16.9 Å². The number of fused-ring (bicyclic) bond motifs is 2. The molecular weight excluding hydrogens is 314 g/mol. The van der Waals surface area contributed by atoms with Crippen LogP contribution in [0.5, 0.6) is 5.75 Å². The largest absolute Gasteiger partial charge is 0.490 e. The summed E-state index contributed by atoms with van der Waals surface area (Å²) in [7, 11) is 0. The fourth-order valence-corrected chi connectivity index (χ4v) is 3.72. The number of likely N-dealkylation sites (tertiary alicyclic amines) is 1. The third-order valence-corrected chi connectivity index (χ3v) is 5.11. The van der Waals surface area contributed by atoms with E-state index in [9.17, 15) is 4.79 Å². The van der Waals surface area contributed by atoms with E-state index < -0.39 is 0 Å². The lowest BCUT2D eigenvalue weighted by Crippen LogP contribution is -2.48. The van der Waals surface area contributed by atoms with E-state index in [0.29, 0.717) is 13.1 Å². The summed E-state index contributed by atoms with van der Waals surface area (Å²) >= 11 is 0. The van der Waals surface area contributed by atoms with E-state index in [1.54, 1.807) is 0 Å². The fraction of sp³-hybridized carbons (Fsp3) is 0.300. The number of nitrogens with zero attached hydrogens (tertiary/aromatic N) is 2. The lowest BCUT2D eigenvalue weighted by atomic mass is 9.97. The van der Waals surface area contributed by atoms with Gasteiger partial charge < -0.3 is 14.6 Å². The number of amides is 1. The molecule has 3 aromatic rings. The minimum Gasteiger partial charge on any atom is -0.490 e. The van der Waals surface area contributed by atoms with Crippen LogP contribution in [0.15, 0.2) is 42.5 Å². The van der Waals surface area contributed by atoms with Gasteiger partial charge >= 0.3 is 0 Å². The Morgan fingerprint density at radius 1 is 1.24 bits per heavy atom. The van der Waals surface area contributed by atoms with Crippen LogP contribution in [0, 0.1) is 0 Å². The molecule has 5 heteroatoms. The predicted octanol–water partition coefficient (Wildman–Crippen LogP) is 3.13. The molecule has 1 unspecified atom stereocenters. The number of rotatable bonds is 2. The second kappa shape index (κ2) is 5.34. The number of imidazole rings is 1. The molecule has 25 heavy (non-hydrogen) atoms. The molecule has 2 aromatic carbocycles. The molecule has 0 spiro atoms. The lowest BCUT2D eigenvalue weighted by Gasteiger charge is -2.38. The zero-order valence-electron chi connectivity index (χ0n) is 14.0. The zero-order valence-corrected chi connectivity index (χ0v) is 14.0. The van der Waals surface area contributed by atoms with Crippen LogP contribution in [-0.4, -0.2) is 40.0 Å². The number of carbonyl (C=O) groups excluding carboxylic acids is 1. The summed E-state index contributed by atoms with van der Waals surface area (Å²) in [4.78, 5) is 22.6. The quantitative estimate of drug-likeness (QED) is 0.784. The standard InChI is InChI=1S/C20H19N3O2/c1-12-8-14-9-13(6-7-18(14)25-12)20(24)23-10-15(11-23)19-21-16-4-2-3-5-17(16)22-19/h2-7,9,12,15H,8,10-11H2,1H3,(H,21,22). The number of nitrogens with one attached hydrogen (secondary N) is 1. The van der Waals surface area contributed by atoms with Gasteiger partial charge in [0, 0.05) is 25.1 Å². The first kappa shape index (κ1) is 14.5. The first-order valence-corrected chi connectivity index (χ1v) is 8.71. The van der Waals surface area contributed by atoms with Gasteiger partial charge in [0.15, 0.2) is 0 Å². The Kier molecular flexibility index (Phi) is 3.10. The molecule has 1 atom stereocenters. The molecule has 1 amide bonds. The minimum absolute atomic E-state index is 0.0923. The normalized spacial score (nSPS) is 19.6. The molecule has 1 N–H and O–H groups in total. The summed E-state index contributed by atoms with van der Waals surface area (Å²) in [5.74, 6) is 2.26. The number of aromatic amines is 1. The van der Waals surface area contributed by atoms with Crippen LogP contribution in [0.4, 0.5) is 0 Å². The van der Waals surface area contributed by atoms with Crippen molar-refractivity contribution in [1.29, 1.82) is 0 Å². The summed E-state index contributed by atoms with van der Waals surface area (Å²) in [5, 5.41) is 0. The van der Waals surface area contributed by atoms with Crippen molar-refractivity contribution < 1.29 is 9.53 Å². The number of aromatic nitrogens is 2. The maximum atomic E-state index is 12.7. The zero-order chi connectivity index (χ0) is 17.0. The first-order chi connectivity index (χ1) is 12.2. The number of benzene rings is 2. The van der Waals surface area contributed by atoms with Gasteiger partial charge in [0.2, 0.25) is 0 Å². The van der Waals surface area contributed by atoms with E-state index in [1.165, 1.54) is 0 Å². The minimum atomic E-state index is 0.0923. The van der Waals surface area contributed by atoms with Crippen molar-refractivity contribution in [2.75, 3.05) is 13.1 Å². The highest BCUT2D eigenvalue weighted by Crippen LogP contribution is 2.32. The van der Waals surface area contributed by atoms with Crippen molar-refractivity contribution in [3.05, 3.63) is 59.4 Å². The van der Waals surface area contributed by atoms with Crippen molar-refractivity contribution in [2.24, 2.45) is 0 Å². The van der Waals surface area contributed by atoms with Gasteiger partial charge in [-0.1, -0.05) is 12.1 Å². The summed E-state index contributed by atoms with van der Waals surface area (Å²) in [5.41, 5.74) is 3.91. The van der Waals surface area contributed by atoms with E-state index in [1.807, 2.05) is 47.4 Å². The Bertz CT molecular complexity index is 939. The van der Waals surface area contributed by atoms with E-state index in [4.69, 9.17) is 4.74 Å². The molecular formula is C20H19N3O2. The van der Waals surface area contributed by atoms with Gasteiger partial charge in [-0.15, -0.1) is 0 Å². The third-order valence-electron chi connectivity index (χ3n) is 5.11. The molecule has 2 aliphatic rings. The monoisotopic (exact) mass is 333 g/mol. The fourth-order valence-electron chi connectivity index (χ4n) is 3.72. The number of hydrogen-bond donors (Lipinski definition) is 1. The van der Waals surface area contributed by atoms with Crippen molar-refractivity contribution in [1.82, 2.24) is 14.9 Å². The van der Waals surface area contributed by atoms with Crippen LogP contribution < -0.4 is 4.74 Å². The highest BCUT2D eigenvalue weighted by Gasteiger charge is 2.34. The maximum Gasteiger partial charge on any atom is 0.253 e. The van der Waals surface area contributed by atoms with Crippen molar-refractivity contribution in [3.63, 3.8) is 0 Å². The molecule has 0 saturated carbocycles. The summed E-state index contributed by atoms with van der Waals surface area (Å²) in [6.07, 6.45) is 1.07. The Morgan fingerprint density at radius 3 is 2.92 bits per heavy atom. The van der Waals surface area contributed by atoms with E-state index in [2.05, 4.69) is 16.9 Å². The maximum absolute atomic E-state index is 12.7. The van der Waals surface area contributed by atoms with E-state index in [-0.39, 0.29) is 17.9 Å². The number of H-pyrrole nitrogens is 1.